The van der Waals surface area contributed by atoms with Gasteiger partial charge in [0.05, 0.1) is 0 Å². The standard InChI is InChI=1S/C28H33N3O2/c1-19-23(22-7-4-3-5-8-22)9-6-10-25(19)31-15-13-20(14-16-31)17-21-11-12-26-24(18-21)27(28(32)33)29-30(26)2/h3-10,20-21H,11-18H2,1-2H3,(H,32,33). The molecule has 2 aromatic carbocycles. The molecule has 0 saturated carbocycles. The maximum atomic E-state index is 11.6. The van der Waals surface area contributed by atoms with Gasteiger partial charge in [-0.2, -0.15) is 5.10 Å². The van der Waals surface area contributed by atoms with Crippen molar-refractivity contribution in [1.29, 1.82) is 0 Å². The first kappa shape index (κ1) is 21.7. The van der Waals surface area contributed by atoms with Gasteiger partial charge in [0, 0.05) is 37.1 Å². The number of aryl methyl sites for hydroxylation is 1. The number of carboxylic acids is 1. The first-order valence-corrected chi connectivity index (χ1v) is 12.2. The number of nitrogens with zero attached hydrogens (tertiary/aromatic N) is 3. The molecule has 5 rings (SSSR count). The number of fused-ring (bicyclic) bond motifs is 1. The molecule has 0 bridgehead atoms. The Balaban J connectivity index is 1.23. The van der Waals surface area contributed by atoms with Crippen LogP contribution in [0.15, 0.2) is 48.5 Å². The lowest BCUT2D eigenvalue weighted by Crippen LogP contribution is -2.35. The molecule has 172 valence electrons. The number of benzene rings is 2. The summed E-state index contributed by atoms with van der Waals surface area (Å²) in [6.45, 7) is 4.43. The summed E-state index contributed by atoms with van der Waals surface area (Å²) < 4.78 is 1.78. The molecule has 0 amide bonds. The molecule has 1 aromatic heterocycles. The minimum Gasteiger partial charge on any atom is -0.476 e. The van der Waals surface area contributed by atoms with Gasteiger partial charge in [-0.3, -0.25) is 4.68 Å². The molecular formula is C28H33N3O2. The number of anilines is 1. The van der Waals surface area contributed by atoms with E-state index < -0.39 is 5.97 Å². The van der Waals surface area contributed by atoms with Crippen LogP contribution >= 0.6 is 0 Å². The van der Waals surface area contributed by atoms with Crippen molar-refractivity contribution < 1.29 is 9.90 Å². The molecule has 1 saturated heterocycles. The number of rotatable bonds is 5. The molecule has 1 N–H and O–H groups in total. The van der Waals surface area contributed by atoms with Crippen molar-refractivity contribution in [3.8, 4) is 11.1 Å². The van der Waals surface area contributed by atoms with Gasteiger partial charge in [0.2, 0.25) is 0 Å². The Morgan fingerprint density at radius 2 is 1.79 bits per heavy atom. The van der Waals surface area contributed by atoms with E-state index in [-0.39, 0.29) is 5.69 Å². The molecule has 5 nitrogen and oxygen atoms in total. The topological polar surface area (TPSA) is 58.4 Å². The SMILES string of the molecule is Cc1c(-c2ccccc2)cccc1N1CCC(CC2CCc3c(c(C(=O)O)nn3C)C2)CC1. The fourth-order valence-electron chi connectivity index (χ4n) is 6.01. The minimum absolute atomic E-state index is 0.265. The van der Waals surface area contributed by atoms with Crippen LogP contribution < -0.4 is 4.90 Å². The van der Waals surface area contributed by atoms with Gasteiger partial charge in [0.15, 0.2) is 5.69 Å². The van der Waals surface area contributed by atoms with E-state index in [1.807, 2.05) is 7.05 Å². The summed E-state index contributed by atoms with van der Waals surface area (Å²) in [5, 5.41) is 13.8. The first-order chi connectivity index (χ1) is 16.0. The highest BCUT2D eigenvalue weighted by molar-refractivity contribution is 5.87. The Morgan fingerprint density at radius 1 is 1.03 bits per heavy atom. The van der Waals surface area contributed by atoms with Crippen LogP contribution in [0.1, 0.15) is 53.0 Å². The Hall–Kier alpha value is -3.08. The van der Waals surface area contributed by atoms with Gasteiger partial charge in [-0.1, -0.05) is 42.5 Å². The molecule has 2 aliphatic rings. The second kappa shape index (κ2) is 9.05. The number of aromatic nitrogens is 2. The van der Waals surface area contributed by atoms with Crippen molar-refractivity contribution in [1.82, 2.24) is 9.78 Å². The van der Waals surface area contributed by atoms with Gasteiger partial charge < -0.3 is 10.0 Å². The van der Waals surface area contributed by atoms with Gasteiger partial charge in [-0.15, -0.1) is 0 Å². The second-order valence-corrected chi connectivity index (χ2v) is 9.79. The van der Waals surface area contributed by atoms with Gasteiger partial charge in [0.25, 0.3) is 0 Å². The van der Waals surface area contributed by atoms with Crippen molar-refractivity contribution in [3.05, 3.63) is 71.0 Å². The number of hydrogen-bond acceptors (Lipinski definition) is 3. The van der Waals surface area contributed by atoms with Crippen LogP contribution in [0.5, 0.6) is 0 Å². The number of carboxylic acid groups (broad SMARTS) is 1. The maximum Gasteiger partial charge on any atom is 0.356 e. The molecule has 1 aliphatic carbocycles. The third-order valence-electron chi connectivity index (χ3n) is 7.77. The van der Waals surface area contributed by atoms with Crippen LogP contribution in [0.25, 0.3) is 11.1 Å². The lowest BCUT2D eigenvalue weighted by molar-refractivity contribution is 0.0688. The zero-order valence-electron chi connectivity index (χ0n) is 19.6. The van der Waals surface area contributed by atoms with E-state index in [0.717, 1.165) is 49.5 Å². The Kier molecular flexibility index (Phi) is 5.96. The van der Waals surface area contributed by atoms with E-state index in [9.17, 15) is 9.90 Å². The molecule has 2 heterocycles. The molecule has 1 unspecified atom stereocenters. The highest BCUT2D eigenvalue weighted by atomic mass is 16.4. The molecule has 5 heteroatoms. The summed E-state index contributed by atoms with van der Waals surface area (Å²) in [5.74, 6) is 0.392. The Labute approximate surface area is 196 Å². The summed E-state index contributed by atoms with van der Waals surface area (Å²) in [4.78, 5) is 14.2. The Bertz CT molecular complexity index is 1140. The average molecular weight is 444 g/mol. The van der Waals surface area contributed by atoms with Crippen molar-refractivity contribution in [2.45, 2.75) is 45.4 Å². The van der Waals surface area contributed by atoms with Crippen molar-refractivity contribution in [3.63, 3.8) is 0 Å². The van der Waals surface area contributed by atoms with Gasteiger partial charge >= 0.3 is 5.97 Å². The third kappa shape index (κ3) is 4.29. The Morgan fingerprint density at radius 3 is 2.52 bits per heavy atom. The summed E-state index contributed by atoms with van der Waals surface area (Å²) in [6, 6.07) is 17.3. The number of piperidine rings is 1. The second-order valence-electron chi connectivity index (χ2n) is 9.79. The summed E-state index contributed by atoms with van der Waals surface area (Å²) in [5.41, 5.74) is 7.68. The first-order valence-electron chi connectivity index (χ1n) is 12.2. The van der Waals surface area contributed by atoms with E-state index >= 15 is 0 Å². The molecule has 1 atom stereocenters. The molecule has 1 fully saturated rings. The largest absolute Gasteiger partial charge is 0.476 e. The summed E-state index contributed by atoms with van der Waals surface area (Å²) in [6.07, 6.45) is 6.56. The smallest absolute Gasteiger partial charge is 0.356 e. The molecule has 3 aromatic rings. The zero-order chi connectivity index (χ0) is 22.9. The molecule has 0 radical (unpaired) electrons. The van der Waals surface area contributed by atoms with Gasteiger partial charge in [-0.25, -0.2) is 4.79 Å². The van der Waals surface area contributed by atoms with Crippen LogP contribution in [0.3, 0.4) is 0 Å². The number of carbonyl (C=O) groups is 1. The normalized spacial score (nSPS) is 18.8. The maximum absolute atomic E-state index is 11.6. The van der Waals surface area contributed by atoms with E-state index in [1.165, 1.54) is 41.6 Å². The highest BCUT2D eigenvalue weighted by Crippen LogP contribution is 2.37. The van der Waals surface area contributed by atoms with E-state index in [1.54, 1.807) is 4.68 Å². The number of aromatic carboxylic acids is 1. The third-order valence-corrected chi connectivity index (χ3v) is 7.77. The van der Waals surface area contributed by atoms with Gasteiger partial charge in [0.1, 0.15) is 0 Å². The van der Waals surface area contributed by atoms with Crippen LogP contribution in [-0.4, -0.2) is 33.9 Å². The van der Waals surface area contributed by atoms with E-state index in [4.69, 9.17) is 0 Å². The van der Waals surface area contributed by atoms with Crippen LogP contribution in [0.4, 0.5) is 5.69 Å². The van der Waals surface area contributed by atoms with Crippen LogP contribution in [0.2, 0.25) is 0 Å². The van der Waals surface area contributed by atoms with Crippen molar-refractivity contribution in [2.24, 2.45) is 18.9 Å². The fourth-order valence-corrected chi connectivity index (χ4v) is 6.01. The zero-order valence-corrected chi connectivity index (χ0v) is 19.6. The van der Waals surface area contributed by atoms with E-state index in [2.05, 4.69) is 65.5 Å². The van der Waals surface area contributed by atoms with E-state index in [0.29, 0.717) is 5.92 Å². The monoisotopic (exact) mass is 443 g/mol. The quantitative estimate of drug-likeness (QED) is 0.565. The lowest BCUT2D eigenvalue weighted by Gasteiger charge is -2.36. The van der Waals surface area contributed by atoms with Crippen molar-refractivity contribution >= 4 is 11.7 Å². The van der Waals surface area contributed by atoms with Crippen molar-refractivity contribution in [2.75, 3.05) is 18.0 Å². The highest BCUT2D eigenvalue weighted by Gasteiger charge is 2.30. The fraction of sp³-hybridized carbons (Fsp3) is 0.429. The summed E-state index contributed by atoms with van der Waals surface area (Å²) in [7, 11) is 1.87. The predicted octanol–water partition coefficient (Wildman–Crippen LogP) is 5.51. The van der Waals surface area contributed by atoms with Crippen LogP contribution in [0, 0.1) is 18.8 Å². The lowest BCUT2D eigenvalue weighted by atomic mass is 9.78. The average Bonchev–Trinajstić information content (AvgIpc) is 3.16. The molecule has 33 heavy (non-hydrogen) atoms. The number of hydrogen-bond donors (Lipinski definition) is 1. The molecule has 1 aliphatic heterocycles. The summed E-state index contributed by atoms with van der Waals surface area (Å²) >= 11 is 0. The molecular weight excluding hydrogens is 410 g/mol. The molecule has 0 spiro atoms. The van der Waals surface area contributed by atoms with Crippen LogP contribution in [-0.2, 0) is 19.9 Å². The van der Waals surface area contributed by atoms with Gasteiger partial charge in [-0.05, 0) is 80.0 Å². The minimum atomic E-state index is -0.895. The predicted molar refractivity (Wildman–Crippen MR) is 132 cm³/mol.